The van der Waals surface area contributed by atoms with Crippen molar-refractivity contribution < 1.29 is 9.53 Å². The summed E-state index contributed by atoms with van der Waals surface area (Å²) in [4.78, 5) is 15.6. The van der Waals surface area contributed by atoms with Gasteiger partial charge in [0.15, 0.2) is 0 Å². The zero-order valence-corrected chi connectivity index (χ0v) is 8.92. The standard InChI is InChI=1S/C10H13NO2S/c1-13-10(12)8-3-6-2-7(8)9(4-6)11-5-14/h6-9H,2-4H2,1H3/t6-,7+,8+,9-/m1/s1. The Labute approximate surface area is 88.5 Å². The van der Waals surface area contributed by atoms with Gasteiger partial charge in [0.25, 0.3) is 0 Å². The molecule has 2 saturated carbocycles. The van der Waals surface area contributed by atoms with Crippen LogP contribution in [0.4, 0.5) is 0 Å². The summed E-state index contributed by atoms with van der Waals surface area (Å²) in [5.41, 5.74) is 0. The van der Waals surface area contributed by atoms with Crippen LogP contribution in [0.25, 0.3) is 0 Å². The van der Waals surface area contributed by atoms with E-state index in [1.165, 1.54) is 7.11 Å². The number of fused-ring (bicyclic) bond motifs is 2. The van der Waals surface area contributed by atoms with E-state index in [2.05, 4.69) is 22.4 Å². The molecule has 0 unspecified atom stereocenters. The fourth-order valence-corrected chi connectivity index (χ4v) is 3.09. The molecule has 0 N–H and O–H groups in total. The molecule has 2 aliphatic rings. The topological polar surface area (TPSA) is 38.7 Å². The highest BCUT2D eigenvalue weighted by molar-refractivity contribution is 7.78. The molecule has 0 radical (unpaired) electrons. The van der Waals surface area contributed by atoms with Gasteiger partial charge in [0.1, 0.15) is 0 Å². The van der Waals surface area contributed by atoms with Gasteiger partial charge in [-0.2, -0.15) is 0 Å². The molecule has 2 fully saturated rings. The Bertz CT molecular complexity index is 298. The van der Waals surface area contributed by atoms with Gasteiger partial charge in [0, 0.05) is 0 Å². The summed E-state index contributed by atoms with van der Waals surface area (Å²) in [6.07, 6.45) is 3.15. The molecule has 0 aromatic heterocycles. The Morgan fingerprint density at radius 2 is 2.29 bits per heavy atom. The van der Waals surface area contributed by atoms with Gasteiger partial charge in [-0.05, 0) is 43.3 Å². The Morgan fingerprint density at radius 1 is 1.50 bits per heavy atom. The van der Waals surface area contributed by atoms with Crippen LogP contribution in [0.3, 0.4) is 0 Å². The van der Waals surface area contributed by atoms with Crippen molar-refractivity contribution >= 4 is 23.3 Å². The monoisotopic (exact) mass is 211 g/mol. The van der Waals surface area contributed by atoms with Crippen LogP contribution in [0.15, 0.2) is 4.99 Å². The molecule has 0 heterocycles. The number of nitrogens with zero attached hydrogens (tertiary/aromatic N) is 1. The SMILES string of the molecule is COC(=O)[C@H]1C[C@H]2C[C@@H]1[C@H](N=C=S)C2. The van der Waals surface area contributed by atoms with Crippen molar-refractivity contribution in [1.82, 2.24) is 0 Å². The van der Waals surface area contributed by atoms with Gasteiger partial charge in [0.2, 0.25) is 0 Å². The zero-order valence-electron chi connectivity index (χ0n) is 8.10. The van der Waals surface area contributed by atoms with Crippen molar-refractivity contribution in [3.05, 3.63) is 0 Å². The lowest BCUT2D eigenvalue weighted by molar-refractivity contribution is -0.147. The maximum atomic E-state index is 11.4. The van der Waals surface area contributed by atoms with E-state index >= 15 is 0 Å². The quantitative estimate of drug-likeness (QED) is 0.396. The van der Waals surface area contributed by atoms with Crippen LogP contribution in [0.2, 0.25) is 0 Å². The molecule has 2 aliphatic carbocycles. The molecular formula is C10H13NO2S. The molecule has 0 spiro atoms. The molecule has 0 aromatic rings. The van der Waals surface area contributed by atoms with E-state index in [9.17, 15) is 4.79 Å². The van der Waals surface area contributed by atoms with Gasteiger partial charge in [0.05, 0.1) is 24.2 Å². The number of isothiocyanates is 1. The minimum Gasteiger partial charge on any atom is -0.469 e. The number of methoxy groups -OCH3 is 1. The Morgan fingerprint density at radius 3 is 2.86 bits per heavy atom. The lowest BCUT2D eigenvalue weighted by atomic mass is 9.85. The maximum Gasteiger partial charge on any atom is 0.309 e. The Hall–Kier alpha value is -0.730. The van der Waals surface area contributed by atoms with Crippen molar-refractivity contribution in [3.8, 4) is 0 Å². The van der Waals surface area contributed by atoms with Crippen molar-refractivity contribution in [2.75, 3.05) is 7.11 Å². The number of ether oxygens (including phenoxy) is 1. The van der Waals surface area contributed by atoms with E-state index in [0.717, 1.165) is 19.3 Å². The van der Waals surface area contributed by atoms with Gasteiger partial charge in [-0.25, -0.2) is 4.99 Å². The van der Waals surface area contributed by atoms with E-state index < -0.39 is 0 Å². The second kappa shape index (κ2) is 3.79. The second-order valence-corrected chi connectivity index (χ2v) is 4.34. The Balaban J connectivity index is 2.11. The van der Waals surface area contributed by atoms with Crippen molar-refractivity contribution in [2.45, 2.75) is 25.3 Å². The lowest BCUT2D eigenvalue weighted by Gasteiger charge is -2.23. The largest absolute Gasteiger partial charge is 0.469 e. The number of carbonyl (C=O) groups excluding carboxylic acids is 1. The maximum absolute atomic E-state index is 11.4. The molecule has 4 heteroatoms. The molecule has 2 rings (SSSR count). The highest BCUT2D eigenvalue weighted by Crippen LogP contribution is 2.49. The van der Waals surface area contributed by atoms with Gasteiger partial charge in [-0.3, -0.25) is 4.79 Å². The molecular weight excluding hydrogens is 198 g/mol. The third-order valence-electron chi connectivity index (χ3n) is 3.50. The predicted molar refractivity (Wildman–Crippen MR) is 55.2 cm³/mol. The first-order chi connectivity index (χ1) is 6.76. The lowest BCUT2D eigenvalue weighted by Crippen LogP contribution is -2.29. The number of hydrogen-bond acceptors (Lipinski definition) is 4. The number of hydrogen-bond donors (Lipinski definition) is 0. The van der Waals surface area contributed by atoms with Crippen molar-refractivity contribution in [1.29, 1.82) is 0 Å². The number of aliphatic imine (C=N–C) groups is 1. The highest BCUT2D eigenvalue weighted by Gasteiger charge is 2.49. The summed E-state index contributed by atoms with van der Waals surface area (Å²) in [6, 6.07) is 0.218. The van der Waals surface area contributed by atoms with Crippen LogP contribution in [-0.4, -0.2) is 24.3 Å². The zero-order chi connectivity index (χ0) is 10.1. The van der Waals surface area contributed by atoms with Crippen molar-refractivity contribution in [3.63, 3.8) is 0 Å². The first-order valence-corrected chi connectivity index (χ1v) is 5.32. The minimum absolute atomic E-state index is 0.0517. The van der Waals surface area contributed by atoms with E-state index in [-0.39, 0.29) is 17.9 Å². The molecule has 4 atom stereocenters. The minimum atomic E-state index is -0.0817. The molecule has 0 aliphatic heterocycles. The van der Waals surface area contributed by atoms with E-state index in [1.54, 1.807) is 0 Å². The first kappa shape index (κ1) is 9.81. The summed E-state index contributed by atoms with van der Waals surface area (Å²) in [6.45, 7) is 0. The van der Waals surface area contributed by atoms with Crippen LogP contribution >= 0.6 is 12.2 Å². The number of thiocarbonyl (C=S) groups is 1. The van der Waals surface area contributed by atoms with Gasteiger partial charge >= 0.3 is 5.97 Å². The summed E-state index contributed by atoms with van der Waals surface area (Å²) in [5, 5.41) is 2.43. The van der Waals surface area contributed by atoms with Crippen molar-refractivity contribution in [2.24, 2.45) is 22.7 Å². The predicted octanol–water partition coefficient (Wildman–Crippen LogP) is 1.68. The van der Waals surface area contributed by atoms with Crippen LogP contribution in [0.5, 0.6) is 0 Å². The number of rotatable bonds is 2. The normalized spacial score (nSPS) is 39.2. The fraction of sp³-hybridized carbons (Fsp3) is 0.800. The molecule has 0 amide bonds. The molecule has 76 valence electrons. The molecule has 0 saturated heterocycles. The van der Waals surface area contributed by atoms with Crippen LogP contribution in [0.1, 0.15) is 19.3 Å². The second-order valence-electron chi connectivity index (χ2n) is 4.15. The summed E-state index contributed by atoms with van der Waals surface area (Å²) < 4.78 is 4.79. The smallest absolute Gasteiger partial charge is 0.309 e. The molecule has 2 bridgehead atoms. The average Bonchev–Trinajstić information content (AvgIpc) is 2.76. The molecule has 14 heavy (non-hydrogen) atoms. The fourth-order valence-electron chi connectivity index (χ4n) is 2.95. The molecule has 0 aromatic carbocycles. The first-order valence-electron chi connectivity index (χ1n) is 4.91. The highest BCUT2D eigenvalue weighted by atomic mass is 32.1. The van der Waals surface area contributed by atoms with Gasteiger partial charge < -0.3 is 4.74 Å². The summed E-state index contributed by atoms with van der Waals surface area (Å²) in [5.74, 6) is 0.960. The molecule has 3 nitrogen and oxygen atoms in total. The third kappa shape index (κ3) is 1.49. The number of carbonyl (C=O) groups is 1. The van der Waals surface area contributed by atoms with Gasteiger partial charge in [-0.1, -0.05) is 0 Å². The Kier molecular flexibility index (Phi) is 2.66. The van der Waals surface area contributed by atoms with E-state index in [0.29, 0.717) is 11.8 Å². The summed E-state index contributed by atoms with van der Waals surface area (Å²) >= 11 is 4.60. The average molecular weight is 211 g/mol. The van der Waals surface area contributed by atoms with Crippen LogP contribution in [-0.2, 0) is 9.53 Å². The number of esters is 1. The third-order valence-corrected chi connectivity index (χ3v) is 3.61. The van der Waals surface area contributed by atoms with E-state index in [1.807, 2.05) is 0 Å². The van der Waals surface area contributed by atoms with Crippen LogP contribution < -0.4 is 0 Å². The van der Waals surface area contributed by atoms with Crippen LogP contribution in [0, 0.1) is 17.8 Å². The van der Waals surface area contributed by atoms with E-state index in [4.69, 9.17) is 4.74 Å². The van der Waals surface area contributed by atoms with Gasteiger partial charge in [-0.15, -0.1) is 0 Å². The summed E-state index contributed by atoms with van der Waals surface area (Å²) in [7, 11) is 1.45.